The monoisotopic (exact) mass is 599 g/mol. The molecule has 7 nitrogen and oxygen atoms in total. The van der Waals surface area contributed by atoms with Gasteiger partial charge in [-0.25, -0.2) is 0 Å². The minimum atomic E-state index is -1.83. The molecule has 4 aromatic carbocycles. The molecule has 0 heterocycles. The van der Waals surface area contributed by atoms with Gasteiger partial charge in [-0.05, 0) is 73.4 Å². The van der Waals surface area contributed by atoms with E-state index < -0.39 is 30.9 Å². The summed E-state index contributed by atoms with van der Waals surface area (Å²) in [6.45, 7) is -0.445. The molecule has 8 heteroatoms. The number of carbonyl (C=O) groups is 1. The highest BCUT2D eigenvalue weighted by atomic mass is 31.2. The third kappa shape index (κ3) is 8.35. The fourth-order valence-electron chi connectivity index (χ4n) is 5.58. The van der Waals surface area contributed by atoms with E-state index in [1.54, 1.807) is 0 Å². The van der Waals surface area contributed by atoms with Gasteiger partial charge in [0, 0.05) is 18.6 Å². The summed E-state index contributed by atoms with van der Waals surface area (Å²) in [6.07, 6.45) is 4.99. The van der Waals surface area contributed by atoms with Gasteiger partial charge < -0.3 is 15.5 Å². The third-order valence-electron chi connectivity index (χ3n) is 7.86. The maximum Gasteiger partial charge on any atom is 0.269 e. The van der Waals surface area contributed by atoms with Gasteiger partial charge in [-0.2, -0.15) is 0 Å². The zero-order valence-corrected chi connectivity index (χ0v) is 25.2. The second-order valence-electron chi connectivity index (χ2n) is 10.7. The van der Waals surface area contributed by atoms with Crippen LogP contribution in [0.3, 0.4) is 0 Å². The molecule has 0 aliphatic carbocycles. The van der Waals surface area contributed by atoms with Crippen molar-refractivity contribution >= 4 is 34.8 Å². The summed E-state index contributed by atoms with van der Waals surface area (Å²) in [4.78, 5) is 22.9. The third-order valence-corrected chi connectivity index (χ3v) is 12.4. The van der Waals surface area contributed by atoms with Crippen LogP contribution in [0.2, 0.25) is 0 Å². The molecule has 0 fully saturated rings. The summed E-state index contributed by atoms with van der Waals surface area (Å²) in [5, 5.41) is 38.1. The lowest BCUT2D eigenvalue weighted by Crippen LogP contribution is -2.41. The van der Waals surface area contributed by atoms with Gasteiger partial charge in [0.15, 0.2) is 0 Å². The van der Waals surface area contributed by atoms with E-state index in [0.717, 1.165) is 31.8 Å². The normalized spacial score (nSPS) is 12.8. The van der Waals surface area contributed by atoms with Gasteiger partial charge >= 0.3 is 0 Å². The molecular weight excluding hydrogens is 559 g/mol. The molecule has 4 rings (SSSR count). The van der Waals surface area contributed by atoms with Crippen LogP contribution in [0.15, 0.2) is 115 Å². The van der Waals surface area contributed by atoms with Crippen LogP contribution < -0.4 is 21.2 Å². The first-order valence-corrected chi connectivity index (χ1v) is 16.8. The summed E-state index contributed by atoms with van der Waals surface area (Å²) in [5.41, 5.74) is 0.304. The SMILES string of the molecule is O=C(CCCCCCC[P+](c1ccccc1)(c1ccccc1)c1ccccc1)NC(CO)C(O)c1ccc([N+](=O)[O-])cc1. The molecule has 0 aliphatic heterocycles. The second-order valence-corrected chi connectivity index (χ2v) is 14.3. The Morgan fingerprint density at radius 1 is 0.721 bits per heavy atom. The predicted octanol–water partition coefficient (Wildman–Crippen LogP) is 5.44. The number of rotatable bonds is 16. The summed E-state index contributed by atoms with van der Waals surface area (Å²) in [7, 11) is -1.83. The number of nitrogens with one attached hydrogen (secondary N) is 1. The number of aliphatic hydroxyl groups excluding tert-OH is 2. The van der Waals surface area contributed by atoms with Crippen LogP contribution in [0, 0.1) is 10.1 Å². The van der Waals surface area contributed by atoms with E-state index in [0.29, 0.717) is 18.4 Å². The Balaban J connectivity index is 1.29. The zero-order chi connectivity index (χ0) is 30.5. The molecule has 224 valence electrons. The number of hydrogen-bond acceptors (Lipinski definition) is 5. The maximum atomic E-state index is 12.6. The molecule has 0 spiro atoms. The van der Waals surface area contributed by atoms with Crippen molar-refractivity contribution in [2.45, 2.75) is 50.7 Å². The van der Waals surface area contributed by atoms with Crippen LogP contribution in [0.25, 0.3) is 0 Å². The van der Waals surface area contributed by atoms with Gasteiger partial charge in [-0.15, -0.1) is 0 Å². The van der Waals surface area contributed by atoms with Crippen molar-refractivity contribution in [1.29, 1.82) is 0 Å². The number of nitro groups is 1. The van der Waals surface area contributed by atoms with Crippen molar-refractivity contribution in [2.24, 2.45) is 0 Å². The number of nitrogens with zero attached hydrogens (tertiary/aromatic N) is 1. The fraction of sp³-hybridized carbons (Fsp3) is 0.286. The number of benzene rings is 4. The summed E-state index contributed by atoms with van der Waals surface area (Å²) < 4.78 is 0. The minimum absolute atomic E-state index is 0.0895. The molecule has 0 aliphatic rings. The number of unbranched alkanes of at least 4 members (excludes halogenated alkanes) is 4. The number of non-ortho nitro benzene ring substituents is 1. The largest absolute Gasteiger partial charge is 0.394 e. The number of aliphatic hydroxyl groups is 2. The molecule has 43 heavy (non-hydrogen) atoms. The van der Waals surface area contributed by atoms with Gasteiger partial charge in [-0.1, -0.05) is 67.4 Å². The Labute approximate surface area is 254 Å². The van der Waals surface area contributed by atoms with Crippen LogP contribution in [-0.4, -0.2) is 39.9 Å². The lowest BCUT2D eigenvalue weighted by molar-refractivity contribution is -0.384. The van der Waals surface area contributed by atoms with E-state index in [-0.39, 0.29) is 11.6 Å². The topological polar surface area (TPSA) is 113 Å². The quantitative estimate of drug-likeness (QED) is 0.0687. The van der Waals surface area contributed by atoms with Gasteiger partial charge in [0.2, 0.25) is 5.91 Å². The average molecular weight is 600 g/mol. The summed E-state index contributed by atoms with van der Waals surface area (Å²) in [6, 6.07) is 37.2. The molecule has 4 aromatic rings. The molecule has 2 atom stereocenters. The highest BCUT2D eigenvalue weighted by Crippen LogP contribution is 2.56. The van der Waals surface area contributed by atoms with Crippen LogP contribution in [0.4, 0.5) is 5.69 Å². The minimum Gasteiger partial charge on any atom is -0.394 e. The zero-order valence-electron chi connectivity index (χ0n) is 24.3. The molecule has 0 aromatic heterocycles. The lowest BCUT2D eigenvalue weighted by atomic mass is 10.0. The summed E-state index contributed by atoms with van der Waals surface area (Å²) in [5.74, 6) is -0.234. The van der Waals surface area contributed by atoms with E-state index in [9.17, 15) is 25.1 Å². The van der Waals surface area contributed by atoms with Crippen molar-refractivity contribution in [3.63, 3.8) is 0 Å². The highest BCUT2D eigenvalue weighted by Gasteiger charge is 2.44. The second kappa shape index (κ2) is 16.1. The Morgan fingerprint density at radius 2 is 1.19 bits per heavy atom. The summed E-state index contributed by atoms with van der Waals surface area (Å²) >= 11 is 0. The van der Waals surface area contributed by atoms with Crippen LogP contribution >= 0.6 is 7.26 Å². The first-order chi connectivity index (χ1) is 21.0. The number of nitro benzene ring substituents is 1. The fourth-order valence-corrected chi connectivity index (χ4v) is 9.99. The standard InChI is InChI=1S/C35H39N2O5P/c38-27-33(35(40)28-22-24-29(25-23-28)37(41)42)36-34(39)21-13-2-1-3-14-26-43(30-15-7-4-8-16-30,31-17-9-5-10-18-31)32-19-11-6-12-20-32/h4-12,15-20,22-25,33,35,38,40H,1-3,13-14,21,26-27H2/p+1. The Bertz CT molecular complexity index is 1320. The molecule has 0 saturated carbocycles. The lowest BCUT2D eigenvalue weighted by Gasteiger charge is -2.27. The molecular formula is C35H40N2O5P+. The molecule has 0 radical (unpaired) electrons. The van der Waals surface area contributed by atoms with Crippen molar-refractivity contribution in [3.05, 3.63) is 131 Å². The number of amides is 1. The molecule has 3 N–H and O–H groups in total. The number of carbonyl (C=O) groups excluding carboxylic acids is 1. The first kappa shape index (κ1) is 32.0. The molecule has 2 unspecified atom stereocenters. The van der Waals surface area contributed by atoms with E-state index >= 15 is 0 Å². The van der Waals surface area contributed by atoms with Crippen LogP contribution in [0.1, 0.15) is 50.2 Å². The smallest absolute Gasteiger partial charge is 0.269 e. The molecule has 0 bridgehead atoms. The Hall–Kier alpha value is -3.90. The maximum absolute atomic E-state index is 12.6. The average Bonchev–Trinajstić information content (AvgIpc) is 3.06. The van der Waals surface area contributed by atoms with Crippen molar-refractivity contribution in [2.75, 3.05) is 12.8 Å². The number of hydrogen-bond donors (Lipinski definition) is 3. The highest BCUT2D eigenvalue weighted by molar-refractivity contribution is 7.95. The van der Waals surface area contributed by atoms with E-state index in [1.165, 1.54) is 40.2 Å². The van der Waals surface area contributed by atoms with Gasteiger partial charge in [0.05, 0.1) is 23.7 Å². The van der Waals surface area contributed by atoms with Gasteiger partial charge in [0.25, 0.3) is 5.69 Å². The van der Waals surface area contributed by atoms with E-state index in [4.69, 9.17) is 0 Å². The van der Waals surface area contributed by atoms with E-state index in [2.05, 4.69) is 96.3 Å². The van der Waals surface area contributed by atoms with Crippen LogP contribution in [-0.2, 0) is 4.79 Å². The van der Waals surface area contributed by atoms with Crippen LogP contribution in [0.5, 0.6) is 0 Å². The van der Waals surface area contributed by atoms with Crippen molar-refractivity contribution in [3.8, 4) is 0 Å². The Morgan fingerprint density at radius 3 is 1.65 bits per heavy atom. The van der Waals surface area contributed by atoms with Crippen molar-refractivity contribution in [1.82, 2.24) is 5.32 Å². The van der Waals surface area contributed by atoms with E-state index in [1.807, 2.05) is 0 Å². The predicted molar refractivity (Wildman–Crippen MR) is 175 cm³/mol. The van der Waals surface area contributed by atoms with Crippen molar-refractivity contribution < 1.29 is 19.9 Å². The van der Waals surface area contributed by atoms with Gasteiger partial charge in [-0.3, -0.25) is 14.9 Å². The van der Waals surface area contributed by atoms with Gasteiger partial charge in [0.1, 0.15) is 29.3 Å². The molecule has 1 amide bonds. The molecule has 0 saturated heterocycles. The Kier molecular flexibility index (Phi) is 12.0. The first-order valence-electron chi connectivity index (χ1n) is 14.8.